The zero-order valence-corrected chi connectivity index (χ0v) is 7.22. The molecule has 0 aliphatic rings. The van der Waals surface area contributed by atoms with Crippen molar-refractivity contribution in [1.29, 1.82) is 0 Å². The smallest absolute Gasteiger partial charge is 0.308 e. The van der Waals surface area contributed by atoms with Crippen LogP contribution in [0, 0.1) is 5.92 Å². The molecule has 3 heteroatoms. The second-order valence-corrected chi connectivity index (χ2v) is 2.66. The highest BCUT2D eigenvalue weighted by atomic mass is 16.5. The number of ether oxygens (including phenoxy) is 1. The molecular weight excluding hydrogens is 144 g/mol. The molecule has 0 radical (unpaired) electrons. The maximum Gasteiger partial charge on any atom is 0.308 e. The van der Waals surface area contributed by atoms with Crippen LogP contribution in [-0.2, 0) is 14.3 Å². The molecule has 0 spiro atoms. The molecule has 0 fully saturated rings. The van der Waals surface area contributed by atoms with Crippen LogP contribution in [-0.4, -0.2) is 18.9 Å². The summed E-state index contributed by atoms with van der Waals surface area (Å²) in [6.07, 6.45) is 1.04. The lowest BCUT2D eigenvalue weighted by atomic mass is 10.0. The lowest BCUT2D eigenvalue weighted by Crippen LogP contribution is -2.13. The summed E-state index contributed by atoms with van der Waals surface area (Å²) in [5, 5.41) is 0. The molecule has 0 N–H and O–H groups in total. The first-order chi connectivity index (χ1) is 5.07. The van der Waals surface area contributed by atoms with Gasteiger partial charge >= 0.3 is 5.97 Å². The largest absolute Gasteiger partial charge is 0.469 e. The number of ketones is 1. The van der Waals surface area contributed by atoms with Gasteiger partial charge in [-0.3, -0.25) is 4.79 Å². The average Bonchev–Trinajstić information content (AvgIpc) is 1.98. The number of hydrogen-bond donors (Lipinski definition) is 0. The number of methoxy groups -OCH3 is 1. The third-order valence-corrected chi connectivity index (χ3v) is 1.53. The van der Waals surface area contributed by atoms with Crippen LogP contribution in [0.5, 0.6) is 0 Å². The fraction of sp³-hybridized carbons (Fsp3) is 0.750. The lowest BCUT2D eigenvalue weighted by Gasteiger charge is -2.06. The van der Waals surface area contributed by atoms with Gasteiger partial charge in [0.05, 0.1) is 13.0 Å². The minimum absolute atomic E-state index is 0.112. The molecule has 11 heavy (non-hydrogen) atoms. The van der Waals surface area contributed by atoms with E-state index in [1.165, 1.54) is 14.0 Å². The summed E-state index contributed by atoms with van der Waals surface area (Å²) in [6, 6.07) is 0. The molecule has 0 amide bonds. The molecule has 64 valence electrons. The predicted molar refractivity (Wildman–Crippen MR) is 41.1 cm³/mol. The van der Waals surface area contributed by atoms with E-state index in [-0.39, 0.29) is 17.7 Å². The summed E-state index contributed by atoms with van der Waals surface area (Å²) in [4.78, 5) is 21.3. The minimum Gasteiger partial charge on any atom is -0.469 e. The second kappa shape index (κ2) is 4.88. The average molecular weight is 158 g/mol. The Morgan fingerprint density at radius 1 is 1.45 bits per heavy atom. The molecule has 3 nitrogen and oxygen atoms in total. The van der Waals surface area contributed by atoms with Gasteiger partial charge < -0.3 is 9.53 Å². The Morgan fingerprint density at radius 2 is 2.00 bits per heavy atom. The highest BCUT2D eigenvalue weighted by Crippen LogP contribution is 2.06. The van der Waals surface area contributed by atoms with Crippen LogP contribution in [0.1, 0.15) is 26.7 Å². The van der Waals surface area contributed by atoms with Crippen LogP contribution in [0.4, 0.5) is 0 Å². The zero-order valence-electron chi connectivity index (χ0n) is 7.22. The SMILES string of the molecule is COC(=O)[C@@H](C)CCC(C)=O. The third-order valence-electron chi connectivity index (χ3n) is 1.53. The van der Waals surface area contributed by atoms with Crippen LogP contribution < -0.4 is 0 Å². The molecule has 0 aliphatic carbocycles. The maximum absolute atomic E-state index is 10.8. The molecule has 0 aromatic rings. The van der Waals surface area contributed by atoms with Gasteiger partial charge in [0.25, 0.3) is 0 Å². The topological polar surface area (TPSA) is 43.4 Å². The first kappa shape index (κ1) is 10.1. The first-order valence-corrected chi connectivity index (χ1v) is 3.65. The molecule has 1 atom stereocenters. The van der Waals surface area contributed by atoms with Gasteiger partial charge in [0.1, 0.15) is 5.78 Å². The standard InChI is InChI=1S/C8H14O3/c1-6(8(10)11-3)4-5-7(2)9/h6H,4-5H2,1-3H3/t6-/m0/s1. The van der Waals surface area contributed by atoms with E-state index in [2.05, 4.69) is 4.74 Å². The Hall–Kier alpha value is -0.860. The van der Waals surface area contributed by atoms with Crippen molar-refractivity contribution in [3.05, 3.63) is 0 Å². The van der Waals surface area contributed by atoms with Crippen molar-refractivity contribution >= 4 is 11.8 Å². The van der Waals surface area contributed by atoms with E-state index < -0.39 is 0 Å². The zero-order chi connectivity index (χ0) is 8.85. The summed E-state index contributed by atoms with van der Waals surface area (Å²) in [6.45, 7) is 3.28. The van der Waals surface area contributed by atoms with Crippen molar-refractivity contribution in [2.45, 2.75) is 26.7 Å². The van der Waals surface area contributed by atoms with Crippen LogP contribution >= 0.6 is 0 Å². The summed E-state index contributed by atoms with van der Waals surface area (Å²) >= 11 is 0. The monoisotopic (exact) mass is 158 g/mol. The van der Waals surface area contributed by atoms with E-state index in [1.54, 1.807) is 6.92 Å². The van der Waals surface area contributed by atoms with Gasteiger partial charge in [0.15, 0.2) is 0 Å². The molecule has 0 saturated heterocycles. The van der Waals surface area contributed by atoms with Crippen molar-refractivity contribution in [2.24, 2.45) is 5.92 Å². The number of rotatable bonds is 4. The van der Waals surface area contributed by atoms with Crippen molar-refractivity contribution < 1.29 is 14.3 Å². The van der Waals surface area contributed by atoms with Crippen LogP contribution in [0.2, 0.25) is 0 Å². The van der Waals surface area contributed by atoms with E-state index >= 15 is 0 Å². The Kier molecular flexibility index (Phi) is 4.50. The maximum atomic E-state index is 10.8. The number of hydrogen-bond acceptors (Lipinski definition) is 3. The number of carbonyl (C=O) groups is 2. The fourth-order valence-corrected chi connectivity index (χ4v) is 0.739. The minimum atomic E-state index is -0.244. The van der Waals surface area contributed by atoms with Crippen molar-refractivity contribution in [2.75, 3.05) is 7.11 Å². The van der Waals surface area contributed by atoms with Gasteiger partial charge in [-0.1, -0.05) is 6.92 Å². The van der Waals surface area contributed by atoms with E-state index in [9.17, 15) is 9.59 Å². The number of Topliss-reactive ketones (excluding diaryl/α,β-unsaturated/α-hetero) is 1. The molecule has 0 aromatic heterocycles. The van der Waals surface area contributed by atoms with Gasteiger partial charge in [0, 0.05) is 6.42 Å². The van der Waals surface area contributed by atoms with E-state index in [4.69, 9.17) is 0 Å². The Bertz CT molecular complexity index is 151. The second-order valence-electron chi connectivity index (χ2n) is 2.66. The Morgan fingerprint density at radius 3 is 2.36 bits per heavy atom. The van der Waals surface area contributed by atoms with Crippen molar-refractivity contribution in [3.8, 4) is 0 Å². The molecule has 0 aromatic carbocycles. The Balaban J connectivity index is 3.60. The van der Waals surface area contributed by atoms with E-state index in [0.29, 0.717) is 12.8 Å². The number of carbonyl (C=O) groups excluding carboxylic acids is 2. The van der Waals surface area contributed by atoms with E-state index in [1.807, 2.05) is 0 Å². The van der Waals surface area contributed by atoms with Crippen molar-refractivity contribution in [1.82, 2.24) is 0 Å². The summed E-state index contributed by atoms with van der Waals surface area (Å²) in [7, 11) is 1.35. The van der Waals surface area contributed by atoms with Gasteiger partial charge in [-0.25, -0.2) is 0 Å². The highest BCUT2D eigenvalue weighted by Gasteiger charge is 2.12. The highest BCUT2D eigenvalue weighted by molar-refractivity contribution is 5.77. The van der Waals surface area contributed by atoms with Crippen molar-refractivity contribution in [3.63, 3.8) is 0 Å². The molecular formula is C8H14O3. The van der Waals surface area contributed by atoms with Crippen LogP contribution in [0.3, 0.4) is 0 Å². The molecule has 0 aliphatic heterocycles. The first-order valence-electron chi connectivity index (χ1n) is 3.65. The molecule has 0 bridgehead atoms. The Labute approximate surface area is 66.7 Å². The normalized spacial score (nSPS) is 12.3. The van der Waals surface area contributed by atoms with Crippen LogP contribution in [0.15, 0.2) is 0 Å². The summed E-state index contributed by atoms with van der Waals surface area (Å²) < 4.78 is 4.49. The van der Waals surface area contributed by atoms with Gasteiger partial charge in [-0.05, 0) is 13.3 Å². The van der Waals surface area contributed by atoms with Gasteiger partial charge in [0.2, 0.25) is 0 Å². The summed E-state index contributed by atoms with van der Waals surface area (Å²) in [5.74, 6) is -0.295. The quantitative estimate of drug-likeness (QED) is 0.577. The predicted octanol–water partition coefficient (Wildman–Crippen LogP) is 1.16. The molecule has 0 heterocycles. The third kappa shape index (κ3) is 4.53. The van der Waals surface area contributed by atoms with Gasteiger partial charge in [-0.2, -0.15) is 0 Å². The molecule has 0 saturated carbocycles. The van der Waals surface area contributed by atoms with Gasteiger partial charge in [-0.15, -0.1) is 0 Å². The van der Waals surface area contributed by atoms with E-state index in [0.717, 1.165) is 0 Å². The number of esters is 1. The summed E-state index contributed by atoms with van der Waals surface area (Å²) in [5.41, 5.74) is 0. The fourth-order valence-electron chi connectivity index (χ4n) is 0.739. The molecule has 0 rings (SSSR count). The lowest BCUT2D eigenvalue weighted by molar-refractivity contribution is -0.145. The van der Waals surface area contributed by atoms with Crippen LogP contribution in [0.25, 0.3) is 0 Å². The molecule has 0 unspecified atom stereocenters.